The lowest BCUT2D eigenvalue weighted by Crippen LogP contribution is -1.97. The molecular weight excluding hydrogens is 580 g/mol. The van der Waals surface area contributed by atoms with Gasteiger partial charge in [-0.2, -0.15) is 5.26 Å². The highest BCUT2D eigenvalue weighted by Crippen LogP contribution is 2.36. The average Bonchev–Trinajstić information content (AvgIpc) is 2.73. The molecule has 0 saturated carbocycles. The molecule has 3 rings (SSSR count). The maximum Gasteiger partial charge on any atom is 0.269 e. The lowest BCUT2D eigenvalue weighted by molar-refractivity contribution is -0.384. The Morgan fingerprint density at radius 2 is 1.63 bits per heavy atom. The Balaban J connectivity index is 1.83. The van der Waals surface area contributed by atoms with Crippen molar-refractivity contribution in [1.82, 2.24) is 0 Å². The Labute approximate surface area is 198 Å². The van der Waals surface area contributed by atoms with Crippen LogP contribution in [0.25, 0.3) is 11.6 Å². The van der Waals surface area contributed by atoms with Gasteiger partial charge in [-0.1, -0.05) is 28.1 Å². The number of hydrogen-bond donors (Lipinski definition) is 0. The van der Waals surface area contributed by atoms with E-state index in [9.17, 15) is 15.4 Å². The highest BCUT2D eigenvalue weighted by molar-refractivity contribution is 9.11. The number of nitrogens with zero attached hydrogens (tertiary/aromatic N) is 2. The van der Waals surface area contributed by atoms with Crippen LogP contribution in [0.15, 0.2) is 74.1 Å². The number of nitro groups is 1. The molecule has 30 heavy (non-hydrogen) atoms. The molecule has 0 heterocycles. The lowest BCUT2D eigenvalue weighted by Gasteiger charge is -2.12. The van der Waals surface area contributed by atoms with Gasteiger partial charge >= 0.3 is 0 Å². The maximum atomic E-state index is 10.8. The molecular formula is C22H13Br3N2O3. The standard InChI is InChI=1S/C22H13Br3N2O3/c23-18-5-1-14(2-6-18)13-30-22-20(24)10-15(11-21(22)25)9-17(12-26)16-3-7-19(8-4-16)27(28)29/h1-11H,13H2/b17-9+. The lowest BCUT2D eigenvalue weighted by atomic mass is 10.0. The van der Waals surface area contributed by atoms with Crippen LogP contribution in [0.5, 0.6) is 5.75 Å². The molecule has 0 spiro atoms. The van der Waals surface area contributed by atoms with Crippen LogP contribution >= 0.6 is 47.8 Å². The minimum Gasteiger partial charge on any atom is -0.487 e. The van der Waals surface area contributed by atoms with E-state index in [0.29, 0.717) is 23.5 Å². The summed E-state index contributed by atoms with van der Waals surface area (Å²) in [6, 6.07) is 19.6. The second-order valence-electron chi connectivity index (χ2n) is 6.20. The summed E-state index contributed by atoms with van der Waals surface area (Å²) in [5, 5.41) is 20.3. The van der Waals surface area contributed by atoms with Gasteiger partial charge in [0.05, 0.1) is 25.5 Å². The smallest absolute Gasteiger partial charge is 0.269 e. The minimum absolute atomic E-state index is 0.0196. The first-order valence-electron chi connectivity index (χ1n) is 8.60. The summed E-state index contributed by atoms with van der Waals surface area (Å²) in [5.41, 5.74) is 2.79. The summed E-state index contributed by atoms with van der Waals surface area (Å²) in [6.45, 7) is 0.409. The predicted octanol–water partition coefficient (Wildman–Crippen LogP) is 7.53. The van der Waals surface area contributed by atoms with Gasteiger partial charge in [0.1, 0.15) is 12.4 Å². The minimum atomic E-state index is -0.471. The third-order valence-corrected chi connectivity index (χ3v) is 5.84. The van der Waals surface area contributed by atoms with E-state index < -0.39 is 4.92 Å². The van der Waals surface area contributed by atoms with Crippen LogP contribution in [0.3, 0.4) is 0 Å². The number of hydrogen-bond acceptors (Lipinski definition) is 4. The van der Waals surface area contributed by atoms with Crippen LogP contribution in [0.4, 0.5) is 5.69 Å². The number of rotatable bonds is 6. The molecule has 0 radical (unpaired) electrons. The average molecular weight is 593 g/mol. The highest BCUT2D eigenvalue weighted by atomic mass is 79.9. The van der Waals surface area contributed by atoms with Gasteiger partial charge in [0.2, 0.25) is 0 Å². The summed E-state index contributed by atoms with van der Waals surface area (Å²) >= 11 is 10.5. The van der Waals surface area contributed by atoms with Crippen LogP contribution in [-0.4, -0.2) is 4.92 Å². The molecule has 3 aromatic carbocycles. The van der Waals surface area contributed by atoms with Crippen LogP contribution in [0, 0.1) is 21.4 Å². The van der Waals surface area contributed by atoms with Gasteiger partial charge in [0.15, 0.2) is 0 Å². The van der Waals surface area contributed by atoms with E-state index >= 15 is 0 Å². The Morgan fingerprint density at radius 1 is 1.03 bits per heavy atom. The first kappa shape index (κ1) is 22.2. The molecule has 0 aliphatic rings. The molecule has 0 aromatic heterocycles. The fourth-order valence-corrected chi connectivity index (χ4v) is 4.36. The van der Waals surface area contributed by atoms with E-state index in [0.717, 1.165) is 24.5 Å². The van der Waals surface area contributed by atoms with Gasteiger partial charge in [-0.25, -0.2) is 0 Å². The SMILES string of the molecule is N#C/C(=C\c1cc(Br)c(OCc2ccc(Br)cc2)c(Br)c1)c1ccc([N+](=O)[O-])cc1. The fourth-order valence-electron chi connectivity index (χ4n) is 2.65. The Morgan fingerprint density at radius 3 is 2.17 bits per heavy atom. The van der Waals surface area contributed by atoms with Gasteiger partial charge in [-0.15, -0.1) is 0 Å². The van der Waals surface area contributed by atoms with Gasteiger partial charge in [0, 0.05) is 16.6 Å². The zero-order chi connectivity index (χ0) is 21.7. The molecule has 150 valence electrons. The van der Waals surface area contributed by atoms with Crippen molar-refractivity contribution in [3.8, 4) is 11.8 Å². The molecule has 0 unspecified atom stereocenters. The fraction of sp³-hybridized carbons (Fsp3) is 0.0455. The molecule has 0 aliphatic carbocycles. The summed E-state index contributed by atoms with van der Waals surface area (Å²) in [5.74, 6) is 0.656. The predicted molar refractivity (Wildman–Crippen MR) is 127 cm³/mol. The Kier molecular flexibility index (Phi) is 7.43. The Hall–Kier alpha value is -2.47. The van der Waals surface area contributed by atoms with E-state index in [-0.39, 0.29) is 5.69 Å². The molecule has 0 bridgehead atoms. The maximum absolute atomic E-state index is 10.8. The zero-order valence-electron chi connectivity index (χ0n) is 15.3. The van der Waals surface area contributed by atoms with E-state index in [1.165, 1.54) is 12.1 Å². The molecule has 0 amide bonds. The number of nitriles is 1. The van der Waals surface area contributed by atoms with Gasteiger partial charge in [0.25, 0.3) is 5.69 Å². The van der Waals surface area contributed by atoms with Gasteiger partial charge in [-0.05, 0) is 91.0 Å². The van der Waals surface area contributed by atoms with Crippen molar-refractivity contribution in [3.63, 3.8) is 0 Å². The molecule has 0 aliphatic heterocycles. The van der Waals surface area contributed by atoms with Crippen LogP contribution < -0.4 is 4.74 Å². The topological polar surface area (TPSA) is 76.2 Å². The number of nitro benzene ring substituents is 1. The second kappa shape index (κ2) is 10.0. The third kappa shape index (κ3) is 5.57. The molecule has 3 aromatic rings. The monoisotopic (exact) mass is 590 g/mol. The quantitative estimate of drug-likeness (QED) is 0.128. The van der Waals surface area contributed by atoms with E-state index in [1.54, 1.807) is 18.2 Å². The van der Waals surface area contributed by atoms with Crippen molar-refractivity contribution >= 4 is 65.1 Å². The normalized spacial score (nSPS) is 11.1. The highest BCUT2D eigenvalue weighted by Gasteiger charge is 2.11. The van der Waals surface area contributed by atoms with E-state index in [1.807, 2.05) is 36.4 Å². The van der Waals surface area contributed by atoms with Gasteiger partial charge < -0.3 is 4.74 Å². The molecule has 0 fully saturated rings. The van der Waals surface area contributed by atoms with Crippen molar-refractivity contribution in [2.45, 2.75) is 6.61 Å². The molecule has 0 saturated heterocycles. The molecule has 8 heteroatoms. The second-order valence-corrected chi connectivity index (χ2v) is 8.83. The molecule has 0 N–H and O–H groups in total. The summed E-state index contributed by atoms with van der Waals surface area (Å²) in [4.78, 5) is 10.3. The number of non-ortho nitro benzene ring substituents is 1. The first-order valence-corrected chi connectivity index (χ1v) is 11.0. The number of benzene rings is 3. The number of halogens is 3. The van der Waals surface area contributed by atoms with Crippen LogP contribution in [-0.2, 0) is 6.61 Å². The summed E-state index contributed by atoms with van der Waals surface area (Å²) in [7, 11) is 0. The number of ether oxygens (including phenoxy) is 1. The van der Waals surface area contributed by atoms with Crippen molar-refractivity contribution in [2.75, 3.05) is 0 Å². The molecule has 0 atom stereocenters. The van der Waals surface area contributed by atoms with Crippen molar-refractivity contribution in [3.05, 3.63) is 101 Å². The van der Waals surface area contributed by atoms with Gasteiger partial charge in [-0.3, -0.25) is 10.1 Å². The van der Waals surface area contributed by atoms with Crippen LogP contribution in [0.1, 0.15) is 16.7 Å². The largest absolute Gasteiger partial charge is 0.487 e. The van der Waals surface area contributed by atoms with Crippen LogP contribution in [0.2, 0.25) is 0 Å². The molecule has 5 nitrogen and oxygen atoms in total. The van der Waals surface area contributed by atoms with Crippen molar-refractivity contribution in [2.24, 2.45) is 0 Å². The third-order valence-electron chi connectivity index (χ3n) is 4.14. The van der Waals surface area contributed by atoms with E-state index in [2.05, 4.69) is 53.9 Å². The zero-order valence-corrected chi connectivity index (χ0v) is 20.1. The first-order chi connectivity index (χ1) is 14.4. The number of allylic oxidation sites excluding steroid dienone is 1. The summed E-state index contributed by atoms with van der Waals surface area (Å²) in [6.07, 6.45) is 1.72. The van der Waals surface area contributed by atoms with Crippen molar-refractivity contribution in [1.29, 1.82) is 5.26 Å². The summed E-state index contributed by atoms with van der Waals surface area (Å²) < 4.78 is 8.42. The van der Waals surface area contributed by atoms with E-state index in [4.69, 9.17) is 4.74 Å². The van der Waals surface area contributed by atoms with Crippen molar-refractivity contribution < 1.29 is 9.66 Å². The Bertz CT molecular complexity index is 1130.